The number of hydrogen-bond donors (Lipinski definition) is 1. The van der Waals surface area contributed by atoms with Gasteiger partial charge in [-0.1, -0.05) is 11.6 Å². The molecule has 0 aliphatic rings. The molecule has 29 heavy (non-hydrogen) atoms. The molecular weight excluding hydrogens is 412 g/mol. The molecule has 3 aromatic rings. The number of amides is 2. The predicted molar refractivity (Wildman–Crippen MR) is 114 cm³/mol. The summed E-state index contributed by atoms with van der Waals surface area (Å²) in [6.07, 6.45) is 1.69. The van der Waals surface area contributed by atoms with Crippen LogP contribution >= 0.6 is 22.9 Å². The second-order valence-corrected chi connectivity index (χ2v) is 7.86. The van der Waals surface area contributed by atoms with Gasteiger partial charge in [0.25, 0.3) is 0 Å². The van der Waals surface area contributed by atoms with Crippen LogP contribution in [0.25, 0.3) is 5.69 Å². The minimum atomic E-state index is -0.457. The van der Waals surface area contributed by atoms with Gasteiger partial charge in [-0.15, -0.1) is 11.3 Å². The quantitative estimate of drug-likeness (QED) is 0.543. The van der Waals surface area contributed by atoms with E-state index >= 15 is 0 Å². The highest BCUT2D eigenvalue weighted by atomic mass is 35.5. The molecule has 3 rings (SSSR count). The number of thiophene rings is 1. The highest BCUT2D eigenvalue weighted by molar-refractivity contribution is 7.16. The zero-order valence-corrected chi connectivity index (χ0v) is 17.7. The van der Waals surface area contributed by atoms with Crippen molar-refractivity contribution in [1.29, 1.82) is 0 Å². The Morgan fingerprint density at radius 2 is 1.93 bits per heavy atom. The average Bonchev–Trinajstić information content (AvgIpc) is 3.36. The normalized spacial score (nSPS) is 10.6. The van der Waals surface area contributed by atoms with Gasteiger partial charge < -0.3 is 15.0 Å². The van der Waals surface area contributed by atoms with Crippen molar-refractivity contribution >= 4 is 40.6 Å². The number of urea groups is 1. The molecule has 2 aromatic heterocycles. The molecule has 9 heteroatoms. The summed E-state index contributed by atoms with van der Waals surface area (Å²) in [6.45, 7) is 5.05. The number of esters is 1. The number of ether oxygens (including phenoxy) is 1. The lowest BCUT2D eigenvalue weighted by Crippen LogP contribution is -2.34. The molecule has 0 saturated heterocycles. The summed E-state index contributed by atoms with van der Waals surface area (Å²) in [5.74, 6) is -0.457. The van der Waals surface area contributed by atoms with Crippen LogP contribution in [0.5, 0.6) is 0 Å². The lowest BCUT2D eigenvalue weighted by atomic mass is 10.3. The molecule has 2 heterocycles. The number of nitrogens with one attached hydrogen (secondary N) is 1. The summed E-state index contributed by atoms with van der Waals surface area (Å²) in [5.41, 5.74) is 1.68. The average molecular weight is 433 g/mol. The lowest BCUT2D eigenvalue weighted by molar-refractivity contribution is 0.0519. The molecule has 2 amide bonds. The topological polar surface area (TPSA) is 76.5 Å². The Morgan fingerprint density at radius 1 is 1.17 bits per heavy atom. The van der Waals surface area contributed by atoms with Crippen molar-refractivity contribution in [2.24, 2.45) is 0 Å². The molecule has 0 atom stereocenters. The number of aromatic nitrogens is 2. The van der Waals surface area contributed by atoms with E-state index < -0.39 is 5.97 Å². The van der Waals surface area contributed by atoms with Gasteiger partial charge in [0.2, 0.25) is 0 Å². The predicted octanol–water partition coefficient (Wildman–Crippen LogP) is 4.82. The summed E-state index contributed by atoms with van der Waals surface area (Å²) < 4.78 is 7.23. The van der Waals surface area contributed by atoms with Gasteiger partial charge in [0.15, 0.2) is 5.69 Å². The lowest BCUT2D eigenvalue weighted by Gasteiger charge is -2.20. The van der Waals surface area contributed by atoms with E-state index in [0.717, 1.165) is 10.6 Å². The van der Waals surface area contributed by atoms with Crippen molar-refractivity contribution in [3.8, 4) is 5.69 Å². The third-order valence-corrected chi connectivity index (χ3v) is 5.32. The van der Waals surface area contributed by atoms with Crippen LogP contribution in [0.4, 0.5) is 10.5 Å². The molecule has 0 saturated carbocycles. The maximum Gasteiger partial charge on any atom is 0.358 e. The Balaban J connectivity index is 1.63. The second-order valence-electron chi connectivity index (χ2n) is 6.06. The Kier molecular flexibility index (Phi) is 6.90. The molecule has 0 unspecified atom stereocenters. The van der Waals surface area contributed by atoms with Crippen molar-refractivity contribution in [3.63, 3.8) is 0 Å². The molecule has 0 radical (unpaired) electrons. The Bertz CT molecular complexity index is 984. The summed E-state index contributed by atoms with van der Waals surface area (Å²) in [7, 11) is 0. The maximum atomic E-state index is 12.6. The molecule has 0 aliphatic heterocycles. The third-order valence-electron chi connectivity index (χ3n) is 4.10. The fourth-order valence-corrected chi connectivity index (χ4v) is 3.74. The van der Waals surface area contributed by atoms with E-state index in [4.69, 9.17) is 16.3 Å². The van der Waals surface area contributed by atoms with Crippen molar-refractivity contribution in [2.75, 3.05) is 18.5 Å². The van der Waals surface area contributed by atoms with Gasteiger partial charge >= 0.3 is 12.0 Å². The summed E-state index contributed by atoms with van der Waals surface area (Å²) >= 11 is 7.43. The first-order valence-electron chi connectivity index (χ1n) is 9.13. The van der Waals surface area contributed by atoms with Gasteiger partial charge in [-0.2, -0.15) is 5.10 Å². The molecule has 7 nitrogen and oxygen atoms in total. The fraction of sp³-hybridized carbons (Fsp3) is 0.250. The smallest absolute Gasteiger partial charge is 0.358 e. The molecule has 152 valence electrons. The van der Waals surface area contributed by atoms with Gasteiger partial charge in [-0.05, 0) is 56.3 Å². The number of hydrogen-bond acceptors (Lipinski definition) is 5. The van der Waals surface area contributed by atoms with Crippen molar-refractivity contribution in [2.45, 2.75) is 20.4 Å². The van der Waals surface area contributed by atoms with Crippen LogP contribution in [-0.4, -0.2) is 39.8 Å². The molecule has 0 fully saturated rings. The minimum Gasteiger partial charge on any atom is -0.461 e. The number of carbonyl (C=O) groups is 2. The Labute approximate surface area is 177 Å². The van der Waals surface area contributed by atoms with Crippen molar-refractivity contribution in [3.05, 3.63) is 63.6 Å². The number of rotatable bonds is 7. The van der Waals surface area contributed by atoms with E-state index in [1.54, 1.807) is 40.9 Å². The Hall–Kier alpha value is -2.84. The van der Waals surface area contributed by atoms with E-state index in [2.05, 4.69) is 10.4 Å². The van der Waals surface area contributed by atoms with Crippen LogP contribution < -0.4 is 5.32 Å². The standard InChI is InChI=1S/C20H21ClN4O3S/c1-3-24(13-16-9-10-18(21)29-16)20(27)22-14-5-7-15(8-6-14)25-12-11-17(23-25)19(26)28-4-2/h5-12H,3-4,13H2,1-2H3,(H,22,27). The van der Waals surface area contributed by atoms with Crippen LogP contribution in [0.2, 0.25) is 4.34 Å². The van der Waals surface area contributed by atoms with E-state index in [1.807, 2.05) is 31.2 Å². The number of anilines is 1. The zero-order chi connectivity index (χ0) is 20.8. The maximum absolute atomic E-state index is 12.6. The first-order valence-corrected chi connectivity index (χ1v) is 10.3. The number of benzene rings is 1. The van der Waals surface area contributed by atoms with Gasteiger partial charge in [-0.3, -0.25) is 0 Å². The molecule has 0 spiro atoms. The van der Waals surface area contributed by atoms with Crippen molar-refractivity contribution in [1.82, 2.24) is 14.7 Å². The highest BCUT2D eigenvalue weighted by Gasteiger charge is 2.14. The molecule has 1 aromatic carbocycles. The van der Waals surface area contributed by atoms with Crippen LogP contribution in [0, 0.1) is 0 Å². The van der Waals surface area contributed by atoms with Gasteiger partial charge in [0.05, 0.1) is 23.2 Å². The Morgan fingerprint density at radius 3 is 2.55 bits per heavy atom. The highest BCUT2D eigenvalue weighted by Crippen LogP contribution is 2.23. The van der Waals surface area contributed by atoms with Gasteiger partial charge in [-0.25, -0.2) is 14.3 Å². The van der Waals surface area contributed by atoms with Crippen LogP contribution in [0.3, 0.4) is 0 Å². The molecule has 0 bridgehead atoms. The molecular formula is C20H21ClN4O3S. The summed E-state index contributed by atoms with van der Waals surface area (Å²) in [4.78, 5) is 27.0. The van der Waals surface area contributed by atoms with Crippen LogP contribution in [-0.2, 0) is 11.3 Å². The van der Waals surface area contributed by atoms with E-state index in [0.29, 0.717) is 29.7 Å². The third kappa shape index (κ3) is 5.36. The first-order chi connectivity index (χ1) is 14.0. The minimum absolute atomic E-state index is 0.187. The molecule has 1 N–H and O–H groups in total. The number of halogens is 1. The first kappa shape index (κ1) is 20.9. The second kappa shape index (κ2) is 9.58. The van der Waals surface area contributed by atoms with E-state index in [1.165, 1.54) is 11.3 Å². The number of carbonyl (C=O) groups excluding carboxylic acids is 2. The largest absolute Gasteiger partial charge is 0.461 e. The van der Waals surface area contributed by atoms with Crippen molar-refractivity contribution < 1.29 is 14.3 Å². The monoisotopic (exact) mass is 432 g/mol. The van der Waals surface area contributed by atoms with Gasteiger partial charge in [0.1, 0.15) is 0 Å². The number of nitrogens with zero attached hydrogens (tertiary/aromatic N) is 3. The van der Waals surface area contributed by atoms with Gasteiger partial charge in [0, 0.05) is 23.3 Å². The fourth-order valence-electron chi connectivity index (χ4n) is 2.63. The molecule has 0 aliphatic carbocycles. The van der Waals surface area contributed by atoms with E-state index in [-0.39, 0.29) is 11.7 Å². The summed E-state index contributed by atoms with van der Waals surface area (Å²) in [5, 5.41) is 7.11. The summed E-state index contributed by atoms with van der Waals surface area (Å²) in [6, 6.07) is 12.4. The van der Waals surface area contributed by atoms with Crippen LogP contribution in [0.1, 0.15) is 29.2 Å². The van der Waals surface area contributed by atoms with Crippen LogP contribution in [0.15, 0.2) is 48.7 Å². The zero-order valence-electron chi connectivity index (χ0n) is 16.1. The SMILES string of the molecule is CCOC(=O)c1ccn(-c2ccc(NC(=O)N(CC)Cc3ccc(Cl)s3)cc2)n1. The van der Waals surface area contributed by atoms with E-state index in [9.17, 15) is 9.59 Å².